The number of nitrogens with zero attached hydrogens (tertiary/aromatic N) is 7. The van der Waals surface area contributed by atoms with Gasteiger partial charge in [0.25, 0.3) is 23.6 Å². The van der Waals surface area contributed by atoms with E-state index in [1.165, 1.54) is 26.4 Å². The first-order valence-corrected chi connectivity index (χ1v) is 26.9. The van der Waals surface area contributed by atoms with E-state index in [4.69, 9.17) is 47.9 Å². The molecule has 0 bridgehead atoms. The van der Waals surface area contributed by atoms with Crippen molar-refractivity contribution in [3.63, 3.8) is 0 Å². The number of methoxy groups -OCH3 is 2. The summed E-state index contributed by atoms with van der Waals surface area (Å²) in [6.45, 7) is 14.6. The van der Waals surface area contributed by atoms with E-state index in [0.717, 1.165) is 32.9 Å². The van der Waals surface area contributed by atoms with Crippen molar-refractivity contribution in [2.45, 2.75) is 51.0 Å². The van der Waals surface area contributed by atoms with Crippen LogP contribution in [0.2, 0.25) is 0 Å². The minimum atomic E-state index is -0.416. The van der Waals surface area contributed by atoms with Crippen LogP contribution in [0.5, 0.6) is 23.0 Å². The number of nitrogens with one attached hydrogen (secondary N) is 1. The quantitative estimate of drug-likeness (QED) is 0.0635. The van der Waals surface area contributed by atoms with E-state index >= 15 is 0 Å². The summed E-state index contributed by atoms with van der Waals surface area (Å²) < 4.78 is 46.8. The van der Waals surface area contributed by atoms with Crippen LogP contribution in [0.25, 0.3) is 0 Å². The second-order valence-corrected chi connectivity index (χ2v) is 19.9. The van der Waals surface area contributed by atoms with Gasteiger partial charge in [-0.25, -0.2) is 0 Å². The van der Waals surface area contributed by atoms with Crippen LogP contribution in [0.3, 0.4) is 0 Å². The third kappa shape index (κ3) is 14.1. The molecule has 3 aromatic carbocycles. The van der Waals surface area contributed by atoms with Gasteiger partial charge in [0.05, 0.1) is 108 Å². The lowest BCUT2D eigenvalue weighted by molar-refractivity contribution is -0.137. The molecule has 0 saturated carbocycles. The first kappa shape index (κ1) is 56.8. The summed E-state index contributed by atoms with van der Waals surface area (Å²) in [5, 5.41) is 2.69. The van der Waals surface area contributed by atoms with Gasteiger partial charge in [0, 0.05) is 101 Å². The number of ether oxygens (including phenoxy) is 8. The molecule has 80 heavy (non-hydrogen) atoms. The average Bonchev–Trinajstić information content (AvgIpc) is 4.12. The second-order valence-electron chi connectivity index (χ2n) is 19.9. The Morgan fingerprint density at radius 3 is 1.59 bits per heavy atom. The van der Waals surface area contributed by atoms with Gasteiger partial charge in [-0.1, -0.05) is 24.3 Å². The maximum atomic E-state index is 13.7. The van der Waals surface area contributed by atoms with Gasteiger partial charge in [-0.3, -0.25) is 43.7 Å². The third-order valence-corrected chi connectivity index (χ3v) is 14.3. The number of rotatable bonds is 27. The molecular weight excluding hydrogens is 1030 g/mol. The summed E-state index contributed by atoms with van der Waals surface area (Å²) in [7, 11) is 3.07. The van der Waals surface area contributed by atoms with E-state index < -0.39 is 11.8 Å². The molecule has 2 unspecified atom stereocenters. The minimum absolute atomic E-state index is 0.00338. The van der Waals surface area contributed by atoms with Gasteiger partial charge < -0.3 is 62.8 Å². The zero-order valence-corrected chi connectivity index (χ0v) is 45.3. The molecule has 424 valence electrons. The van der Waals surface area contributed by atoms with Crippen LogP contribution in [0.15, 0.2) is 88.9 Å². The van der Waals surface area contributed by atoms with Gasteiger partial charge in [-0.15, -0.1) is 0 Å². The number of hydrogen-bond donors (Lipinski definition) is 1. The van der Waals surface area contributed by atoms with E-state index in [-0.39, 0.29) is 74.9 Å². The number of fused-ring (bicyclic) bond motifs is 4. The van der Waals surface area contributed by atoms with Gasteiger partial charge in [0.2, 0.25) is 11.8 Å². The van der Waals surface area contributed by atoms with Gasteiger partial charge in [0.1, 0.15) is 13.2 Å². The summed E-state index contributed by atoms with van der Waals surface area (Å²) in [5.74, 6) is 0.275. The van der Waals surface area contributed by atoms with Crippen molar-refractivity contribution in [1.82, 2.24) is 24.9 Å². The molecule has 6 amide bonds. The fourth-order valence-electron chi connectivity index (χ4n) is 10.1. The van der Waals surface area contributed by atoms with Crippen LogP contribution >= 0.6 is 0 Å². The molecule has 3 fully saturated rings. The molecule has 0 radical (unpaired) electrons. The Hall–Kier alpha value is -7.92. The predicted molar refractivity (Wildman–Crippen MR) is 295 cm³/mol. The number of benzene rings is 3. The molecule has 6 aliphatic rings. The SMILES string of the molecule is C=C1CC2C=Nc3cc(OCc4cc(COc5cc6c(cc5OC)C(=O)N5CC(=C)CC5C=N6)cc(N5CCN(C(=O)CCOCCOCCOCCOCCNC(=O)CCN6C(=O)C=CC6=O)CC5)c4)c(OC)cc3C(=O)N2C1. The van der Waals surface area contributed by atoms with Crippen molar-refractivity contribution < 1.29 is 66.7 Å². The molecule has 0 aromatic heterocycles. The Morgan fingerprint density at radius 2 is 1.09 bits per heavy atom. The Kier molecular flexibility index (Phi) is 19.0. The lowest BCUT2D eigenvalue weighted by atomic mass is 10.1. The van der Waals surface area contributed by atoms with Crippen LogP contribution in [-0.2, 0) is 51.3 Å². The lowest BCUT2D eigenvalue weighted by Crippen LogP contribution is -2.49. The monoisotopic (exact) mass is 1100 g/mol. The highest BCUT2D eigenvalue weighted by Crippen LogP contribution is 2.41. The minimum Gasteiger partial charge on any atom is -0.493 e. The summed E-state index contributed by atoms with van der Waals surface area (Å²) >= 11 is 0. The van der Waals surface area contributed by atoms with E-state index in [1.807, 2.05) is 11.0 Å². The third-order valence-electron chi connectivity index (χ3n) is 14.3. The first-order valence-electron chi connectivity index (χ1n) is 26.9. The second kappa shape index (κ2) is 26.8. The number of imide groups is 1. The number of anilines is 1. The van der Waals surface area contributed by atoms with Crippen LogP contribution in [0.1, 0.15) is 57.5 Å². The normalized spacial score (nSPS) is 18.4. The summed E-state index contributed by atoms with van der Waals surface area (Å²) in [5.41, 5.74) is 6.40. The first-order chi connectivity index (χ1) is 38.8. The Bertz CT molecular complexity index is 2800. The maximum absolute atomic E-state index is 13.7. The topological polar surface area (TPSA) is 229 Å². The molecule has 22 heteroatoms. The molecule has 1 N–H and O–H groups in total. The number of carbonyl (C=O) groups excluding carboxylic acids is 6. The number of carbonyl (C=O) groups is 6. The smallest absolute Gasteiger partial charge is 0.257 e. The van der Waals surface area contributed by atoms with E-state index in [2.05, 4.69) is 35.5 Å². The number of hydrogen-bond acceptors (Lipinski definition) is 17. The van der Waals surface area contributed by atoms with Gasteiger partial charge in [-0.05, 0) is 54.3 Å². The van der Waals surface area contributed by atoms with Crippen molar-refractivity contribution in [2.75, 3.05) is 124 Å². The predicted octanol–water partition coefficient (Wildman–Crippen LogP) is 4.37. The highest BCUT2D eigenvalue weighted by molar-refractivity contribution is 6.13. The van der Waals surface area contributed by atoms with Gasteiger partial charge in [0.15, 0.2) is 23.0 Å². The molecule has 0 aliphatic carbocycles. The summed E-state index contributed by atoms with van der Waals surface area (Å²) in [4.78, 5) is 93.8. The van der Waals surface area contributed by atoms with Crippen LogP contribution in [0, 0.1) is 0 Å². The van der Waals surface area contributed by atoms with Crippen molar-refractivity contribution in [3.8, 4) is 23.0 Å². The largest absolute Gasteiger partial charge is 0.493 e. The maximum Gasteiger partial charge on any atom is 0.257 e. The lowest BCUT2D eigenvalue weighted by Gasteiger charge is -2.36. The number of amides is 6. The Morgan fingerprint density at radius 1 is 0.600 bits per heavy atom. The fourth-order valence-corrected chi connectivity index (χ4v) is 10.1. The zero-order valence-electron chi connectivity index (χ0n) is 45.3. The molecule has 3 aromatic rings. The number of piperazine rings is 1. The van der Waals surface area contributed by atoms with E-state index in [1.54, 1.807) is 46.5 Å². The molecule has 0 spiro atoms. The van der Waals surface area contributed by atoms with Crippen molar-refractivity contribution in [2.24, 2.45) is 9.98 Å². The van der Waals surface area contributed by atoms with Gasteiger partial charge in [-0.2, -0.15) is 0 Å². The molecule has 3 saturated heterocycles. The molecule has 9 rings (SSSR count). The molecule has 6 aliphatic heterocycles. The standard InChI is InChI=1S/C58H68N8O14/c1-38-23-43-32-60-47-30-51(49(73-3)28-45(47)57(71)65(43)34-38)79-36-40-25-41(37-80-52-31-48-46(29-50(52)74-4)58(72)66-35-39(2)24-44(66)33-61-48)27-42(26-40)62-11-13-63(14-12-62)54(68)8-15-75-17-19-77-21-22-78-20-18-76-16-9-59-53(67)7-10-64-55(69)5-6-56(64)70/h5-6,25-33,43-44H,1-2,7-24,34-37H2,3-4H3,(H,59,67). The number of aliphatic imine (C=N–C) groups is 2. The van der Waals surface area contributed by atoms with Gasteiger partial charge >= 0.3 is 0 Å². The molecule has 2 atom stereocenters. The Balaban J connectivity index is 0.740. The zero-order chi connectivity index (χ0) is 56.1. The average molecular weight is 1100 g/mol. The highest BCUT2D eigenvalue weighted by atomic mass is 16.6. The molecule has 22 nitrogen and oxygen atoms in total. The van der Waals surface area contributed by atoms with Crippen LogP contribution < -0.4 is 29.2 Å². The highest BCUT2D eigenvalue weighted by Gasteiger charge is 2.36. The van der Waals surface area contributed by atoms with Crippen LogP contribution in [-0.4, -0.2) is 199 Å². The molecule has 6 heterocycles. The molecular formula is C58H68N8O14. The van der Waals surface area contributed by atoms with Crippen molar-refractivity contribution in [1.29, 1.82) is 0 Å². The summed E-state index contributed by atoms with van der Waals surface area (Å²) in [6, 6.07) is 12.7. The summed E-state index contributed by atoms with van der Waals surface area (Å²) in [6.07, 6.45) is 7.55. The van der Waals surface area contributed by atoms with Crippen molar-refractivity contribution in [3.05, 3.63) is 101 Å². The van der Waals surface area contributed by atoms with E-state index in [9.17, 15) is 28.8 Å². The van der Waals surface area contributed by atoms with Crippen LogP contribution in [0.4, 0.5) is 17.1 Å². The van der Waals surface area contributed by atoms with E-state index in [0.29, 0.717) is 150 Å². The fraction of sp³-hybridized carbons (Fsp3) is 0.448. The van der Waals surface area contributed by atoms with Crippen molar-refractivity contribution >= 4 is 64.9 Å². The Labute approximate surface area is 464 Å².